The SMILES string of the molecule is Cc1c(Cc2cncc(CS(N)(=O)=O)c2F)c(=O)oc2cc(OC(=O)N(C)C)ccc12. The number of pyridine rings is 1. The Labute approximate surface area is 177 Å². The molecular formula is C20H20FN3O6S. The molecule has 0 atom stereocenters. The number of benzene rings is 1. The number of amides is 1. The van der Waals surface area contributed by atoms with Gasteiger partial charge in [0.05, 0.1) is 5.75 Å². The number of fused-ring (bicyclic) bond motifs is 1. The van der Waals surface area contributed by atoms with Crippen molar-refractivity contribution in [2.24, 2.45) is 5.14 Å². The Morgan fingerprint density at radius 3 is 2.58 bits per heavy atom. The minimum Gasteiger partial charge on any atom is -0.422 e. The fourth-order valence-corrected chi connectivity index (χ4v) is 3.64. The van der Waals surface area contributed by atoms with Gasteiger partial charge in [0.15, 0.2) is 0 Å². The van der Waals surface area contributed by atoms with Gasteiger partial charge in [-0.05, 0) is 24.6 Å². The van der Waals surface area contributed by atoms with Crippen molar-refractivity contribution in [1.82, 2.24) is 9.88 Å². The Morgan fingerprint density at radius 2 is 1.94 bits per heavy atom. The lowest BCUT2D eigenvalue weighted by atomic mass is 9.99. The van der Waals surface area contributed by atoms with Crippen LogP contribution in [0.2, 0.25) is 0 Å². The molecule has 9 nitrogen and oxygen atoms in total. The van der Waals surface area contributed by atoms with Crippen molar-refractivity contribution in [3.63, 3.8) is 0 Å². The number of halogens is 1. The van der Waals surface area contributed by atoms with Gasteiger partial charge in [0.2, 0.25) is 10.0 Å². The predicted molar refractivity (Wildman–Crippen MR) is 111 cm³/mol. The monoisotopic (exact) mass is 449 g/mol. The Hall–Kier alpha value is -3.31. The zero-order chi connectivity index (χ0) is 22.9. The third kappa shape index (κ3) is 5.06. The average Bonchev–Trinajstić information content (AvgIpc) is 2.66. The molecule has 0 spiro atoms. The van der Waals surface area contributed by atoms with E-state index in [1.54, 1.807) is 19.1 Å². The summed E-state index contributed by atoms with van der Waals surface area (Å²) in [6, 6.07) is 4.60. The number of nitrogens with two attached hydrogens (primary N) is 1. The van der Waals surface area contributed by atoms with Crippen molar-refractivity contribution in [2.45, 2.75) is 19.1 Å². The van der Waals surface area contributed by atoms with Crippen LogP contribution in [0.3, 0.4) is 0 Å². The molecule has 0 radical (unpaired) electrons. The molecule has 0 unspecified atom stereocenters. The van der Waals surface area contributed by atoms with Crippen molar-refractivity contribution < 1.29 is 26.8 Å². The van der Waals surface area contributed by atoms with Crippen LogP contribution in [0, 0.1) is 12.7 Å². The number of aryl methyl sites for hydroxylation is 1. The number of carbonyl (C=O) groups is 1. The quantitative estimate of drug-likeness (QED) is 0.590. The van der Waals surface area contributed by atoms with Gasteiger partial charge < -0.3 is 14.1 Å². The fraction of sp³-hybridized carbons (Fsp3) is 0.250. The van der Waals surface area contributed by atoms with Gasteiger partial charge in [0.25, 0.3) is 0 Å². The van der Waals surface area contributed by atoms with Crippen molar-refractivity contribution >= 4 is 27.1 Å². The summed E-state index contributed by atoms with van der Waals surface area (Å²) >= 11 is 0. The molecule has 3 rings (SSSR count). The minimum atomic E-state index is -3.95. The number of ether oxygens (including phenoxy) is 1. The van der Waals surface area contributed by atoms with Crippen molar-refractivity contribution in [1.29, 1.82) is 0 Å². The first-order valence-electron chi connectivity index (χ1n) is 9.03. The number of hydrogen-bond acceptors (Lipinski definition) is 7. The largest absolute Gasteiger partial charge is 0.422 e. The summed E-state index contributed by atoms with van der Waals surface area (Å²) < 4.78 is 47.9. The maximum atomic E-state index is 14.8. The lowest BCUT2D eigenvalue weighted by Crippen LogP contribution is -2.25. The summed E-state index contributed by atoms with van der Waals surface area (Å²) in [7, 11) is -0.885. The van der Waals surface area contributed by atoms with E-state index >= 15 is 0 Å². The molecule has 2 N–H and O–H groups in total. The minimum absolute atomic E-state index is 0.0347. The molecule has 2 heterocycles. The van der Waals surface area contributed by atoms with E-state index in [9.17, 15) is 22.4 Å². The van der Waals surface area contributed by atoms with E-state index in [2.05, 4.69) is 4.98 Å². The zero-order valence-electron chi connectivity index (χ0n) is 17.0. The van der Waals surface area contributed by atoms with E-state index in [1.807, 2.05) is 0 Å². The third-order valence-corrected chi connectivity index (χ3v) is 5.29. The summed E-state index contributed by atoms with van der Waals surface area (Å²) in [5.41, 5.74) is 0.101. The molecule has 0 aliphatic carbocycles. The lowest BCUT2D eigenvalue weighted by molar-refractivity contribution is 0.172. The molecule has 11 heteroatoms. The number of primary sulfonamides is 1. The number of aromatic nitrogens is 1. The highest BCUT2D eigenvalue weighted by Gasteiger charge is 2.18. The molecule has 0 saturated carbocycles. The van der Waals surface area contributed by atoms with E-state index in [1.165, 1.54) is 31.3 Å². The number of rotatable bonds is 5. The highest BCUT2D eigenvalue weighted by atomic mass is 32.2. The molecule has 0 fully saturated rings. The summed E-state index contributed by atoms with van der Waals surface area (Å²) in [5.74, 6) is -1.30. The first kappa shape index (κ1) is 22.4. The third-order valence-electron chi connectivity index (χ3n) is 4.58. The summed E-state index contributed by atoms with van der Waals surface area (Å²) in [6.07, 6.45) is 1.56. The second-order valence-corrected chi connectivity index (χ2v) is 8.78. The van der Waals surface area contributed by atoms with Gasteiger partial charge in [0.1, 0.15) is 17.1 Å². The topological polar surface area (TPSA) is 133 Å². The van der Waals surface area contributed by atoms with E-state index in [0.717, 1.165) is 6.20 Å². The Kier molecular flexibility index (Phi) is 6.09. The van der Waals surface area contributed by atoms with Gasteiger partial charge in [-0.25, -0.2) is 27.5 Å². The van der Waals surface area contributed by atoms with Crippen LogP contribution >= 0.6 is 0 Å². The van der Waals surface area contributed by atoms with Crippen LogP contribution in [0.25, 0.3) is 11.0 Å². The van der Waals surface area contributed by atoms with Crippen LogP contribution in [0.1, 0.15) is 22.3 Å². The number of carbonyl (C=O) groups excluding carboxylic acids is 1. The summed E-state index contributed by atoms with van der Waals surface area (Å²) in [6.45, 7) is 1.68. The number of nitrogens with zero attached hydrogens (tertiary/aromatic N) is 2. The molecular weight excluding hydrogens is 429 g/mol. The number of hydrogen-bond donors (Lipinski definition) is 1. The van der Waals surface area contributed by atoms with Crippen LogP contribution in [0.5, 0.6) is 5.75 Å². The second-order valence-electron chi connectivity index (χ2n) is 7.17. The molecule has 1 amide bonds. The first-order chi connectivity index (χ1) is 14.5. The van der Waals surface area contributed by atoms with Crippen LogP contribution in [0.4, 0.5) is 9.18 Å². The Bertz CT molecular complexity index is 1330. The average molecular weight is 449 g/mol. The molecule has 3 aromatic rings. The molecule has 2 aromatic heterocycles. The second kappa shape index (κ2) is 8.44. The van der Waals surface area contributed by atoms with Gasteiger partial charge in [-0.2, -0.15) is 0 Å². The maximum absolute atomic E-state index is 14.8. The Balaban J connectivity index is 2.00. The molecule has 164 valence electrons. The van der Waals surface area contributed by atoms with Crippen LogP contribution in [-0.2, 0) is 22.2 Å². The molecule has 0 saturated heterocycles. The molecule has 0 aliphatic rings. The van der Waals surface area contributed by atoms with E-state index < -0.39 is 33.3 Å². The van der Waals surface area contributed by atoms with E-state index in [4.69, 9.17) is 14.3 Å². The maximum Gasteiger partial charge on any atom is 0.414 e. The highest BCUT2D eigenvalue weighted by Crippen LogP contribution is 2.26. The van der Waals surface area contributed by atoms with Gasteiger partial charge in [0, 0.05) is 61.1 Å². The highest BCUT2D eigenvalue weighted by molar-refractivity contribution is 7.88. The molecule has 1 aromatic carbocycles. The fourth-order valence-electron chi connectivity index (χ4n) is 3.00. The first-order valence-corrected chi connectivity index (χ1v) is 10.7. The van der Waals surface area contributed by atoms with Crippen molar-refractivity contribution in [3.8, 4) is 5.75 Å². The van der Waals surface area contributed by atoms with Crippen molar-refractivity contribution in [2.75, 3.05) is 14.1 Å². The van der Waals surface area contributed by atoms with E-state index in [0.29, 0.717) is 10.9 Å². The standard InChI is InChI=1S/C20H20FN3O6S/c1-11-15-5-4-14(29-20(26)24(2)3)7-17(15)30-19(25)16(11)6-12-8-23-9-13(18(12)21)10-31(22,27)28/h4-5,7-9H,6,10H2,1-3H3,(H2,22,27,28). The van der Waals surface area contributed by atoms with Gasteiger partial charge in [-0.3, -0.25) is 4.98 Å². The molecule has 31 heavy (non-hydrogen) atoms. The smallest absolute Gasteiger partial charge is 0.414 e. The van der Waals surface area contributed by atoms with Gasteiger partial charge in [-0.1, -0.05) is 0 Å². The van der Waals surface area contributed by atoms with Gasteiger partial charge >= 0.3 is 11.7 Å². The molecule has 0 aliphatic heterocycles. The lowest BCUT2D eigenvalue weighted by Gasteiger charge is -2.12. The van der Waals surface area contributed by atoms with Crippen LogP contribution < -0.4 is 15.5 Å². The number of sulfonamides is 1. The van der Waals surface area contributed by atoms with Crippen LogP contribution in [0.15, 0.2) is 39.8 Å². The predicted octanol–water partition coefficient (Wildman–Crippen LogP) is 2.08. The van der Waals surface area contributed by atoms with E-state index in [-0.39, 0.29) is 34.4 Å². The van der Waals surface area contributed by atoms with Gasteiger partial charge in [-0.15, -0.1) is 0 Å². The normalized spacial score (nSPS) is 11.5. The van der Waals surface area contributed by atoms with Crippen molar-refractivity contribution in [3.05, 3.63) is 69.1 Å². The summed E-state index contributed by atoms with van der Waals surface area (Å²) in [4.78, 5) is 29.4. The molecule has 0 bridgehead atoms. The van der Waals surface area contributed by atoms with Crippen LogP contribution in [-0.4, -0.2) is 38.5 Å². The Morgan fingerprint density at radius 1 is 1.26 bits per heavy atom. The summed E-state index contributed by atoms with van der Waals surface area (Å²) in [5, 5.41) is 5.56. The zero-order valence-corrected chi connectivity index (χ0v) is 17.8.